The van der Waals surface area contributed by atoms with Crippen LogP contribution in [0.2, 0.25) is 0 Å². The van der Waals surface area contributed by atoms with Crippen molar-refractivity contribution in [3.05, 3.63) is 22.8 Å². The number of likely N-dealkylation sites (N-methyl/N-ethyl adjacent to an activating group) is 1. The van der Waals surface area contributed by atoms with E-state index in [-0.39, 0.29) is 11.5 Å². The van der Waals surface area contributed by atoms with Crippen LogP contribution in [0.1, 0.15) is 79.6 Å². The molecule has 0 aromatic rings. The molecule has 0 aromatic carbocycles. The molecule has 180 valence electrons. The lowest BCUT2D eigenvalue weighted by Gasteiger charge is -2.59. The van der Waals surface area contributed by atoms with E-state index >= 15 is 0 Å². The normalized spacial score (nSPS) is 43.3. The summed E-state index contributed by atoms with van der Waals surface area (Å²) in [5.74, 6) is 2.17. The second-order valence-corrected chi connectivity index (χ2v) is 13.3. The highest BCUT2D eigenvalue weighted by Gasteiger charge is 2.57. The Hall–Kier alpha value is -0.640. The third-order valence-electron chi connectivity index (χ3n) is 11.3. The zero-order chi connectivity index (χ0) is 22.9. The van der Waals surface area contributed by atoms with Crippen molar-refractivity contribution in [3.63, 3.8) is 0 Å². The second kappa shape index (κ2) is 7.95. The van der Waals surface area contributed by atoms with E-state index in [9.17, 15) is 5.11 Å². The van der Waals surface area contributed by atoms with Gasteiger partial charge in [0.2, 0.25) is 0 Å². The summed E-state index contributed by atoms with van der Waals surface area (Å²) < 4.78 is 0. The molecule has 3 heteroatoms. The zero-order valence-electron chi connectivity index (χ0n) is 21.7. The van der Waals surface area contributed by atoms with Crippen LogP contribution >= 0.6 is 0 Å². The van der Waals surface area contributed by atoms with E-state index < -0.39 is 0 Å². The molecule has 0 aromatic heterocycles. The summed E-state index contributed by atoms with van der Waals surface area (Å²) in [6.07, 6.45) is 11.1. The van der Waals surface area contributed by atoms with Gasteiger partial charge in [-0.3, -0.25) is 0 Å². The fourth-order valence-corrected chi connectivity index (χ4v) is 9.14. The molecule has 0 amide bonds. The maximum atomic E-state index is 10.8. The number of hydrogen-bond donors (Lipinski definition) is 1. The quantitative estimate of drug-likeness (QED) is 0.627. The maximum absolute atomic E-state index is 10.8. The summed E-state index contributed by atoms with van der Waals surface area (Å²) in [7, 11) is 2.26. The highest BCUT2D eigenvalue weighted by molar-refractivity contribution is 5.49. The summed E-state index contributed by atoms with van der Waals surface area (Å²) in [5, 5.41) is 10.8. The Morgan fingerprint density at radius 1 is 1.00 bits per heavy atom. The Balaban J connectivity index is 1.37. The monoisotopic (exact) mass is 440 g/mol. The molecule has 1 heterocycles. The van der Waals surface area contributed by atoms with Crippen LogP contribution in [-0.2, 0) is 0 Å². The van der Waals surface area contributed by atoms with Crippen LogP contribution in [0, 0.1) is 34.0 Å². The Morgan fingerprint density at radius 2 is 1.72 bits per heavy atom. The molecule has 5 aliphatic rings. The first-order valence-electron chi connectivity index (χ1n) is 13.6. The van der Waals surface area contributed by atoms with E-state index in [4.69, 9.17) is 0 Å². The number of piperazine rings is 1. The van der Waals surface area contributed by atoms with Gasteiger partial charge >= 0.3 is 0 Å². The maximum Gasteiger partial charge on any atom is 0.0594 e. The van der Waals surface area contributed by atoms with Crippen molar-refractivity contribution >= 4 is 0 Å². The van der Waals surface area contributed by atoms with Crippen LogP contribution in [0.4, 0.5) is 0 Å². The fourth-order valence-electron chi connectivity index (χ4n) is 9.14. The summed E-state index contributed by atoms with van der Waals surface area (Å²) in [5.41, 5.74) is 6.01. The first-order chi connectivity index (χ1) is 15.1. The van der Waals surface area contributed by atoms with Crippen LogP contribution in [0.3, 0.4) is 0 Å². The van der Waals surface area contributed by atoms with Gasteiger partial charge in [0.1, 0.15) is 0 Å². The number of allylic oxidation sites excluding steroid dienone is 4. The minimum atomic E-state index is -0.137. The Bertz CT molecular complexity index is 804. The molecule has 1 aliphatic heterocycles. The Morgan fingerprint density at radius 3 is 2.44 bits per heavy atom. The standard InChI is InChI=1S/C29H48N2O/c1-20(19-31-17-15-30(6)16-18-31)22-8-9-23-21-7-10-25-27(2,3)26(32)12-14-29(25,5)24(21)11-13-28(22,23)4/h9,20,22,25-26,32H,7-8,10-19H2,1-6H3/t20-,22+,25-,26-,28+,29+/m0/s1. The lowest BCUT2D eigenvalue weighted by atomic mass is 9.46. The lowest BCUT2D eigenvalue weighted by molar-refractivity contribution is -0.0905. The number of aliphatic hydroxyl groups excluding tert-OH is 1. The molecule has 5 rings (SSSR count). The van der Waals surface area contributed by atoms with Crippen molar-refractivity contribution in [2.75, 3.05) is 39.8 Å². The molecule has 0 spiro atoms. The van der Waals surface area contributed by atoms with Gasteiger partial charge in [-0.1, -0.05) is 46.3 Å². The van der Waals surface area contributed by atoms with Crippen LogP contribution in [0.15, 0.2) is 22.8 Å². The first kappa shape index (κ1) is 23.1. The van der Waals surface area contributed by atoms with E-state index in [1.807, 2.05) is 0 Å². The Kier molecular flexibility index (Phi) is 5.75. The zero-order valence-corrected chi connectivity index (χ0v) is 21.7. The van der Waals surface area contributed by atoms with Gasteiger partial charge in [-0.2, -0.15) is 0 Å². The molecular formula is C29H48N2O. The average Bonchev–Trinajstić information content (AvgIpc) is 3.10. The van der Waals surface area contributed by atoms with Crippen molar-refractivity contribution in [1.29, 1.82) is 0 Å². The van der Waals surface area contributed by atoms with Crippen LogP contribution in [0.5, 0.6) is 0 Å². The van der Waals surface area contributed by atoms with E-state index in [1.54, 1.807) is 16.7 Å². The van der Waals surface area contributed by atoms with E-state index in [0.29, 0.717) is 16.7 Å². The molecule has 1 N–H and O–H groups in total. The molecule has 1 saturated carbocycles. The molecule has 1 saturated heterocycles. The molecular weight excluding hydrogens is 392 g/mol. The van der Waals surface area contributed by atoms with Gasteiger partial charge in [0.15, 0.2) is 0 Å². The van der Waals surface area contributed by atoms with E-state index in [2.05, 4.69) is 57.5 Å². The molecule has 2 fully saturated rings. The third-order valence-corrected chi connectivity index (χ3v) is 11.3. The highest BCUT2D eigenvalue weighted by Crippen LogP contribution is 2.66. The summed E-state index contributed by atoms with van der Waals surface area (Å²) in [4.78, 5) is 5.19. The van der Waals surface area contributed by atoms with Crippen molar-refractivity contribution in [2.24, 2.45) is 34.0 Å². The van der Waals surface area contributed by atoms with Crippen molar-refractivity contribution < 1.29 is 5.11 Å². The Labute approximate surface area is 197 Å². The van der Waals surface area contributed by atoms with Gasteiger partial charge in [0, 0.05) is 32.7 Å². The van der Waals surface area contributed by atoms with Gasteiger partial charge < -0.3 is 14.9 Å². The smallest absolute Gasteiger partial charge is 0.0594 e. The molecule has 6 atom stereocenters. The summed E-state index contributed by atoms with van der Waals surface area (Å²) >= 11 is 0. The molecule has 32 heavy (non-hydrogen) atoms. The number of rotatable bonds is 3. The summed E-state index contributed by atoms with van der Waals surface area (Å²) in [6, 6.07) is 0. The first-order valence-corrected chi connectivity index (χ1v) is 13.6. The van der Waals surface area contributed by atoms with Crippen molar-refractivity contribution in [2.45, 2.75) is 85.7 Å². The van der Waals surface area contributed by atoms with Crippen molar-refractivity contribution in [1.82, 2.24) is 9.80 Å². The number of fused-ring (bicyclic) bond motifs is 4. The predicted octanol–water partition coefficient (Wildman–Crippen LogP) is 5.51. The predicted molar refractivity (Wildman–Crippen MR) is 134 cm³/mol. The molecule has 0 radical (unpaired) electrons. The van der Waals surface area contributed by atoms with Gasteiger partial charge in [0.25, 0.3) is 0 Å². The fraction of sp³-hybridized carbons (Fsp3) is 0.862. The minimum absolute atomic E-state index is 0.0376. The SMILES string of the molecule is C[C@@H](CN1CCN(C)CC1)[C@H]1CC=C2C3=C(CC[C@@]21C)[C@@]1(C)CC[C@H](O)C(C)(C)[C@@H]1CC3. The van der Waals surface area contributed by atoms with E-state index in [1.165, 1.54) is 71.2 Å². The molecule has 0 bridgehead atoms. The summed E-state index contributed by atoms with van der Waals surface area (Å²) in [6.45, 7) is 18.6. The number of aliphatic hydroxyl groups is 1. The molecule has 3 nitrogen and oxygen atoms in total. The van der Waals surface area contributed by atoms with Crippen LogP contribution in [0.25, 0.3) is 0 Å². The largest absolute Gasteiger partial charge is 0.393 e. The van der Waals surface area contributed by atoms with Crippen LogP contribution < -0.4 is 0 Å². The minimum Gasteiger partial charge on any atom is -0.393 e. The number of nitrogens with zero attached hydrogens (tertiary/aromatic N) is 2. The van der Waals surface area contributed by atoms with Gasteiger partial charge in [-0.05, 0) is 97.1 Å². The molecule has 0 unspecified atom stereocenters. The lowest BCUT2D eigenvalue weighted by Crippen LogP contribution is -2.53. The van der Waals surface area contributed by atoms with Gasteiger partial charge in [-0.15, -0.1) is 0 Å². The topological polar surface area (TPSA) is 26.7 Å². The van der Waals surface area contributed by atoms with Crippen LogP contribution in [-0.4, -0.2) is 60.8 Å². The number of hydrogen-bond acceptors (Lipinski definition) is 3. The van der Waals surface area contributed by atoms with Crippen molar-refractivity contribution in [3.8, 4) is 0 Å². The molecule has 4 aliphatic carbocycles. The second-order valence-electron chi connectivity index (χ2n) is 13.3. The average molecular weight is 441 g/mol. The van der Waals surface area contributed by atoms with Gasteiger partial charge in [-0.25, -0.2) is 0 Å². The van der Waals surface area contributed by atoms with Gasteiger partial charge in [0.05, 0.1) is 6.10 Å². The van der Waals surface area contributed by atoms with E-state index in [0.717, 1.165) is 18.3 Å². The third kappa shape index (κ3) is 3.40. The highest BCUT2D eigenvalue weighted by atomic mass is 16.3.